The molecular formula is C18H19N. The van der Waals surface area contributed by atoms with E-state index in [1.54, 1.807) is 0 Å². The molecule has 0 spiro atoms. The molecule has 0 bridgehead atoms. The molecule has 1 nitrogen and oxygen atoms in total. The summed E-state index contributed by atoms with van der Waals surface area (Å²) in [5.41, 5.74) is 5.22. The van der Waals surface area contributed by atoms with E-state index in [4.69, 9.17) is 0 Å². The standard InChI is InChI=1S/C18H19N/c1-18(2)12-11-16-13-15(9-10-17(16)19(18)3)14-7-5-4-6-8-14/h4-13H,1-3H3. The Balaban J connectivity index is 2.07. The molecule has 0 atom stereocenters. The highest BCUT2D eigenvalue weighted by atomic mass is 15.2. The molecule has 0 radical (unpaired) electrons. The minimum atomic E-state index is 0.0846. The second-order valence-electron chi connectivity index (χ2n) is 5.69. The van der Waals surface area contributed by atoms with E-state index in [9.17, 15) is 0 Å². The zero-order valence-corrected chi connectivity index (χ0v) is 11.7. The summed E-state index contributed by atoms with van der Waals surface area (Å²) in [6.07, 6.45) is 4.51. The maximum Gasteiger partial charge on any atom is 0.0528 e. The molecule has 0 saturated carbocycles. The van der Waals surface area contributed by atoms with Crippen LogP contribution in [0, 0.1) is 0 Å². The van der Waals surface area contributed by atoms with E-state index < -0.39 is 0 Å². The normalized spacial score (nSPS) is 16.3. The van der Waals surface area contributed by atoms with Crippen molar-refractivity contribution in [3.05, 3.63) is 60.2 Å². The van der Waals surface area contributed by atoms with Crippen LogP contribution in [-0.2, 0) is 0 Å². The Morgan fingerprint density at radius 1 is 0.895 bits per heavy atom. The van der Waals surface area contributed by atoms with E-state index in [1.165, 1.54) is 22.4 Å². The number of nitrogens with zero attached hydrogens (tertiary/aromatic N) is 1. The molecule has 0 aromatic heterocycles. The number of rotatable bonds is 1. The van der Waals surface area contributed by atoms with Gasteiger partial charge in [0.2, 0.25) is 0 Å². The Bertz CT molecular complexity index is 623. The summed E-state index contributed by atoms with van der Waals surface area (Å²) >= 11 is 0. The smallest absolute Gasteiger partial charge is 0.0528 e. The fourth-order valence-corrected chi connectivity index (χ4v) is 2.52. The van der Waals surface area contributed by atoms with Crippen LogP contribution in [0.3, 0.4) is 0 Å². The first-order valence-electron chi connectivity index (χ1n) is 6.70. The maximum atomic E-state index is 2.33. The average molecular weight is 249 g/mol. The Morgan fingerprint density at radius 3 is 2.37 bits per heavy atom. The molecule has 19 heavy (non-hydrogen) atoms. The number of fused-ring (bicyclic) bond motifs is 1. The third-order valence-electron chi connectivity index (χ3n) is 4.03. The van der Waals surface area contributed by atoms with Gasteiger partial charge in [-0.05, 0) is 42.7 Å². The number of benzene rings is 2. The van der Waals surface area contributed by atoms with Crippen molar-refractivity contribution in [2.45, 2.75) is 19.4 Å². The average Bonchev–Trinajstić information content (AvgIpc) is 2.44. The molecule has 1 heterocycles. The predicted molar refractivity (Wildman–Crippen MR) is 83.4 cm³/mol. The lowest BCUT2D eigenvalue weighted by Crippen LogP contribution is -2.41. The molecule has 0 aliphatic carbocycles. The summed E-state index contributed by atoms with van der Waals surface area (Å²) in [5.74, 6) is 0. The zero-order valence-electron chi connectivity index (χ0n) is 11.7. The number of hydrogen-bond acceptors (Lipinski definition) is 1. The summed E-state index contributed by atoms with van der Waals surface area (Å²) in [5, 5.41) is 0. The highest BCUT2D eigenvalue weighted by Gasteiger charge is 2.25. The monoisotopic (exact) mass is 249 g/mol. The maximum absolute atomic E-state index is 2.33. The molecule has 0 saturated heterocycles. The van der Waals surface area contributed by atoms with Gasteiger partial charge in [-0.25, -0.2) is 0 Å². The summed E-state index contributed by atoms with van der Waals surface area (Å²) in [6, 6.07) is 17.2. The molecule has 2 aromatic carbocycles. The fourth-order valence-electron chi connectivity index (χ4n) is 2.52. The third-order valence-corrected chi connectivity index (χ3v) is 4.03. The second-order valence-corrected chi connectivity index (χ2v) is 5.69. The van der Waals surface area contributed by atoms with Crippen molar-refractivity contribution in [3.63, 3.8) is 0 Å². The molecular weight excluding hydrogens is 230 g/mol. The molecule has 96 valence electrons. The van der Waals surface area contributed by atoms with Crippen molar-refractivity contribution in [1.29, 1.82) is 0 Å². The topological polar surface area (TPSA) is 3.24 Å². The van der Waals surface area contributed by atoms with Crippen LogP contribution in [0.1, 0.15) is 19.4 Å². The van der Waals surface area contributed by atoms with E-state index >= 15 is 0 Å². The van der Waals surface area contributed by atoms with E-state index in [0.717, 1.165) is 0 Å². The molecule has 0 N–H and O–H groups in total. The highest BCUT2D eigenvalue weighted by molar-refractivity contribution is 5.78. The zero-order chi connectivity index (χ0) is 13.5. The molecule has 0 fully saturated rings. The SMILES string of the molecule is CN1c2ccc(-c3ccccc3)cc2C=CC1(C)C. The van der Waals surface area contributed by atoms with Gasteiger partial charge in [-0.1, -0.05) is 48.6 Å². The van der Waals surface area contributed by atoms with Crippen LogP contribution in [0.5, 0.6) is 0 Å². The number of anilines is 1. The lowest BCUT2D eigenvalue weighted by molar-refractivity contribution is 0.600. The summed E-state index contributed by atoms with van der Waals surface area (Å²) < 4.78 is 0. The molecule has 2 aromatic rings. The quantitative estimate of drug-likeness (QED) is 0.714. The Morgan fingerprint density at radius 2 is 1.63 bits per heavy atom. The largest absolute Gasteiger partial charge is 0.366 e. The fraction of sp³-hybridized carbons (Fsp3) is 0.222. The third kappa shape index (κ3) is 2.06. The first-order chi connectivity index (χ1) is 9.08. The predicted octanol–water partition coefficient (Wildman–Crippen LogP) is 4.60. The van der Waals surface area contributed by atoms with Crippen LogP contribution in [-0.4, -0.2) is 12.6 Å². The Labute approximate surface area is 115 Å². The van der Waals surface area contributed by atoms with Crippen molar-refractivity contribution in [2.75, 3.05) is 11.9 Å². The second kappa shape index (κ2) is 4.27. The van der Waals surface area contributed by atoms with Crippen molar-refractivity contribution >= 4 is 11.8 Å². The van der Waals surface area contributed by atoms with Crippen LogP contribution in [0.4, 0.5) is 5.69 Å². The number of likely N-dealkylation sites (N-methyl/N-ethyl adjacent to an activating group) is 1. The van der Waals surface area contributed by atoms with E-state index in [1.807, 2.05) is 0 Å². The molecule has 3 rings (SSSR count). The van der Waals surface area contributed by atoms with Gasteiger partial charge in [-0.2, -0.15) is 0 Å². The molecule has 1 heteroatoms. The van der Waals surface area contributed by atoms with Gasteiger partial charge in [0, 0.05) is 12.7 Å². The van der Waals surface area contributed by atoms with Crippen molar-refractivity contribution < 1.29 is 0 Å². The molecule has 1 aliphatic rings. The number of hydrogen-bond donors (Lipinski definition) is 0. The summed E-state index contributed by atoms with van der Waals surface area (Å²) in [4.78, 5) is 2.33. The van der Waals surface area contributed by atoms with Crippen LogP contribution in [0.2, 0.25) is 0 Å². The Hall–Kier alpha value is -2.02. The van der Waals surface area contributed by atoms with E-state index in [2.05, 4.69) is 86.5 Å². The van der Waals surface area contributed by atoms with Gasteiger partial charge in [0.1, 0.15) is 0 Å². The molecule has 1 aliphatic heterocycles. The van der Waals surface area contributed by atoms with Crippen LogP contribution >= 0.6 is 0 Å². The van der Waals surface area contributed by atoms with E-state index in [0.29, 0.717) is 0 Å². The van der Waals surface area contributed by atoms with E-state index in [-0.39, 0.29) is 5.54 Å². The van der Waals surface area contributed by atoms with Crippen molar-refractivity contribution in [3.8, 4) is 11.1 Å². The van der Waals surface area contributed by atoms with Gasteiger partial charge >= 0.3 is 0 Å². The van der Waals surface area contributed by atoms with Gasteiger partial charge in [-0.15, -0.1) is 0 Å². The van der Waals surface area contributed by atoms with Crippen LogP contribution in [0.15, 0.2) is 54.6 Å². The van der Waals surface area contributed by atoms with Gasteiger partial charge in [0.15, 0.2) is 0 Å². The van der Waals surface area contributed by atoms with Crippen LogP contribution in [0.25, 0.3) is 17.2 Å². The van der Waals surface area contributed by atoms with Crippen molar-refractivity contribution in [2.24, 2.45) is 0 Å². The summed E-state index contributed by atoms with van der Waals surface area (Å²) in [7, 11) is 2.16. The molecule has 0 amide bonds. The first-order valence-corrected chi connectivity index (χ1v) is 6.70. The highest BCUT2D eigenvalue weighted by Crippen LogP contribution is 2.35. The van der Waals surface area contributed by atoms with Crippen molar-refractivity contribution in [1.82, 2.24) is 0 Å². The van der Waals surface area contributed by atoms with Crippen LogP contribution < -0.4 is 4.90 Å². The first kappa shape index (κ1) is 12.0. The molecule has 0 unspecified atom stereocenters. The van der Waals surface area contributed by atoms with Gasteiger partial charge < -0.3 is 4.90 Å². The lowest BCUT2D eigenvalue weighted by Gasteiger charge is -2.39. The van der Waals surface area contributed by atoms with Gasteiger partial charge in [0.25, 0.3) is 0 Å². The minimum Gasteiger partial charge on any atom is -0.366 e. The summed E-state index contributed by atoms with van der Waals surface area (Å²) in [6.45, 7) is 4.47. The minimum absolute atomic E-state index is 0.0846. The Kier molecular flexibility index (Phi) is 2.70. The van der Waals surface area contributed by atoms with Gasteiger partial charge in [0.05, 0.1) is 5.54 Å². The lowest BCUT2D eigenvalue weighted by atomic mass is 9.92. The van der Waals surface area contributed by atoms with Gasteiger partial charge in [-0.3, -0.25) is 0 Å².